The highest BCUT2D eigenvalue weighted by molar-refractivity contribution is 6.22. The first-order chi connectivity index (χ1) is 5.93. The summed E-state index contributed by atoms with van der Waals surface area (Å²) in [7, 11) is 0. The Labute approximate surface area is 82.8 Å². The zero-order valence-electron chi connectivity index (χ0n) is 5.93. The summed E-state index contributed by atoms with van der Waals surface area (Å²) in [6, 6.07) is 0. The van der Waals surface area contributed by atoms with Crippen LogP contribution in [0.2, 0.25) is 0 Å². The molecule has 0 aromatic heterocycles. The highest BCUT2D eigenvalue weighted by Gasteiger charge is 2.62. The van der Waals surface area contributed by atoms with Crippen molar-refractivity contribution in [2.75, 3.05) is 0 Å². The smallest absolute Gasteiger partial charge is 0.203 e. The van der Waals surface area contributed by atoms with Gasteiger partial charge in [0, 0.05) is 0 Å². The van der Waals surface area contributed by atoms with E-state index in [2.05, 4.69) is 23.2 Å². The Morgan fingerprint density at radius 2 is 1.07 bits per heavy atom. The van der Waals surface area contributed by atoms with Crippen molar-refractivity contribution in [3.8, 4) is 0 Å². The van der Waals surface area contributed by atoms with Gasteiger partial charge in [-0.05, 0) is 11.6 Å². The molecule has 0 atom stereocenters. The van der Waals surface area contributed by atoms with Crippen LogP contribution in [0.3, 0.4) is 0 Å². The lowest BCUT2D eigenvalue weighted by atomic mass is 10.4. The molecule has 0 fully saturated rings. The number of hydrogen-bond acceptors (Lipinski definition) is 0. The van der Waals surface area contributed by atoms with E-state index in [1.165, 1.54) is 0 Å². The van der Waals surface area contributed by atoms with Gasteiger partial charge in [0.1, 0.15) is 0 Å². The monoisotopic (exact) mass is 272 g/mol. The lowest BCUT2D eigenvalue weighted by Crippen LogP contribution is -2.42. The Hall–Kier alpha value is 0.0200. The van der Waals surface area contributed by atoms with Crippen molar-refractivity contribution < 1.29 is 35.1 Å². The fraction of sp³-hybridized carbons (Fsp3) is 1.00. The van der Waals surface area contributed by atoms with E-state index < -0.39 is 23.6 Å². The molecule has 0 aliphatic carbocycles. The molecule has 10 heteroatoms. The second kappa shape index (κ2) is 5.79. The lowest BCUT2D eigenvalue weighted by Gasteiger charge is -2.19. The van der Waals surface area contributed by atoms with Crippen LogP contribution in [0.5, 0.6) is 0 Å². The van der Waals surface area contributed by atoms with Gasteiger partial charge in [0.2, 0.25) is 0 Å². The normalized spacial score (nSPS) is 12.9. The molecule has 0 aromatic rings. The average molecular weight is 273 g/mol. The molecule has 0 saturated carbocycles. The minimum Gasteiger partial charge on any atom is -0.203 e. The number of halogens is 10. The molecule has 0 amide bonds. The first kappa shape index (κ1) is 16.4. The van der Waals surface area contributed by atoms with E-state index >= 15 is 0 Å². The van der Waals surface area contributed by atoms with E-state index in [1.807, 2.05) is 0 Å². The molecule has 0 aromatic carbocycles. The second-order valence-electron chi connectivity index (χ2n) is 1.67. The van der Waals surface area contributed by atoms with Gasteiger partial charge in [0.05, 0.1) is 0 Å². The van der Waals surface area contributed by atoms with Crippen molar-refractivity contribution >= 4 is 23.2 Å². The SMILES string of the molecule is FC(F)C(F)(F)C(F)(F)Cl.FC(F)Cl. The van der Waals surface area contributed by atoms with Crippen LogP contribution in [0.25, 0.3) is 0 Å². The van der Waals surface area contributed by atoms with Gasteiger partial charge >= 0.3 is 23.6 Å². The van der Waals surface area contributed by atoms with Crippen molar-refractivity contribution in [3.63, 3.8) is 0 Å². The largest absolute Gasteiger partial charge is 0.390 e. The van der Waals surface area contributed by atoms with Crippen LogP contribution < -0.4 is 0 Å². The Morgan fingerprint density at radius 1 is 0.857 bits per heavy atom. The van der Waals surface area contributed by atoms with Crippen molar-refractivity contribution in [2.45, 2.75) is 23.6 Å². The van der Waals surface area contributed by atoms with E-state index in [9.17, 15) is 35.1 Å². The average Bonchev–Trinajstić information content (AvgIpc) is 1.82. The van der Waals surface area contributed by atoms with Crippen molar-refractivity contribution in [3.05, 3.63) is 0 Å². The first-order valence-corrected chi connectivity index (χ1v) is 3.39. The minimum atomic E-state index is -5.46. The number of alkyl halides is 10. The summed E-state index contributed by atoms with van der Waals surface area (Å²) in [5.41, 5.74) is 0. The minimum absolute atomic E-state index is 2.69. The van der Waals surface area contributed by atoms with E-state index in [0.717, 1.165) is 0 Å². The van der Waals surface area contributed by atoms with Gasteiger partial charge in [0.15, 0.2) is 0 Å². The van der Waals surface area contributed by atoms with Gasteiger partial charge in [0.25, 0.3) is 0 Å². The molecule has 0 unspecified atom stereocenters. The summed E-state index contributed by atoms with van der Waals surface area (Å²) in [6.07, 6.45) is -4.46. The molecule has 0 heterocycles. The molecular weight excluding hydrogens is 271 g/mol. The maximum atomic E-state index is 11.4. The molecule has 0 radical (unpaired) electrons. The maximum absolute atomic E-state index is 11.4. The molecule has 14 heavy (non-hydrogen) atoms. The topological polar surface area (TPSA) is 0 Å². The van der Waals surface area contributed by atoms with Gasteiger partial charge in [-0.1, -0.05) is 11.6 Å². The van der Waals surface area contributed by atoms with Crippen LogP contribution in [0.15, 0.2) is 0 Å². The van der Waals surface area contributed by atoms with Gasteiger partial charge < -0.3 is 0 Å². The summed E-state index contributed by atoms with van der Waals surface area (Å²) in [6.45, 7) is 0. The Balaban J connectivity index is 0. The van der Waals surface area contributed by atoms with E-state index in [0.29, 0.717) is 0 Å². The Morgan fingerprint density at radius 3 is 1.07 bits per heavy atom. The molecule has 0 saturated heterocycles. The highest BCUT2D eigenvalue weighted by Crippen LogP contribution is 2.41. The summed E-state index contributed by atoms with van der Waals surface area (Å²) >= 11 is 7.60. The molecule has 0 aliphatic heterocycles. The van der Waals surface area contributed by atoms with Crippen LogP contribution >= 0.6 is 23.2 Å². The van der Waals surface area contributed by atoms with Gasteiger partial charge in [-0.2, -0.15) is 26.3 Å². The van der Waals surface area contributed by atoms with Crippen LogP contribution in [-0.4, -0.2) is 23.6 Å². The first-order valence-electron chi connectivity index (χ1n) is 2.57. The molecule has 0 rings (SSSR count). The third kappa shape index (κ3) is 6.47. The predicted octanol–water partition coefficient (Wildman–Crippen LogP) is 4.17. The fourth-order valence-corrected chi connectivity index (χ4v) is 0.206. The van der Waals surface area contributed by atoms with Crippen molar-refractivity contribution in [2.24, 2.45) is 0 Å². The summed E-state index contributed by atoms with van der Waals surface area (Å²) in [4.78, 5) is 0. The Bertz CT molecular complexity index is 149. The molecule has 0 bridgehead atoms. The predicted molar refractivity (Wildman–Crippen MR) is 33.6 cm³/mol. The van der Waals surface area contributed by atoms with Crippen LogP contribution in [-0.2, 0) is 0 Å². The van der Waals surface area contributed by atoms with Crippen molar-refractivity contribution in [1.29, 1.82) is 0 Å². The summed E-state index contributed by atoms with van der Waals surface area (Å²) < 4.78 is 87.6. The summed E-state index contributed by atoms with van der Waals surface area (Å²) in [5, 5.41) is -5.19. The maximum Gasteiger partial charge on any atom is 0.390 e. The lowest BCUT2D eigenvalue weighted by molar-refractivity contribution is -0.225. The second-order valence-corrected chi connectivity index (χ2v) is 2.47. The van der Waals surface area contributed by atoms with E-state index in [4.69, 9.17) is 0 Å². The molecular formula is C4H2Cl2F8. The quantitative estimate of drug-likeness (QED) is 0.523. The Kier molecular flexibility index (Phi) is 6.81. The van der Waals surface area contributed by atoms with Gasteiger partial charge in [-0.3, -0.25) is 0 Å². The zero-order chi connectivity index (χ0) is 12.2. The van der Waals surface area contributed by atoms with Gasteiger partial charge in [-0.15, -0.1) is 0 Å². The van der Waals surface area contributed by atoms with Gasteiger partial charge in [-0.25, -0.2) is 8.78 Å². The van der Waals surface area contributed by atoms with E-state index in [-0.39, 0.29) is 0 Å². The summed E-state index contributed by atoms with van der Waals surface area (Å²) in [5.74, 6) is -8.16. The van der Waals surface area contributed by atoms with Crippen LogP contribution in [0, 0.1) is 0 Å². The zero-order valence-corrected chi connectivity index (χ0v) is 7.45. The standard InChI is InChI=1S/C3HClF6.CHClF2/c4-3(9,10)2(7,8)1(5)6;2-1(3)4/h1H;1H. The molecule has 0 N–H and O–H groups in total. The molecule has 0 nitrogen and oxygen atoms in total. The molecule has 0 aliphatic rings. The molecule has 88 valence electrons. The number of hydrogen-bond donors (Lipinski definition) is 0. The highest BCUT2D eigenvalue weighted by atomic mass is 35.5. The van der Waals surface area contributed by atoms with Crippen molar-refractivity contribution in [1.82, 2.24) is 0 Å². The van der Waals surface area contributed by atoms with E-state index in [1.54, 1.807) is 0 Å². The number of rotatable bonds is 2. The molecule has 0 spiro atoms. The fourth-order valence-electron chi connectivity index (χ4n) is 0.124. The third-order valence-electron chi connectivity index (χ3n) is 0.652. The van der Waals surface area contributed by atoms with Crippen LogP contribution in [0.4, 0.5) is 35.1 Å². The van der Waals surface area contributed by atoms with Crippen LogP contribution in [0.1, 0.15) is 0 Å². The third-order valence-corrected chi connectivity index (χ3v) is 0.904.